The summed E-state index contributed by atoms with van der Waals surface area (Å²) in [7, 11) is 5.98. The Hall–Kier alpha value is -1.75. The maximum absolute atomic E-state index is 4.36. The number of nitrogens with zero attached hydrogens (tertiary/aromatic N) is 3. The van der Waals surface area contributed by atoms with Crippen LogP contribution in [0.4, 0.5) is 5.69 Å². The fraction of sp³-hybridized carbons (Fsp3) is 0.632. The number of anilines is 1. The molecule has 0 saturated carbocycles. The monoisotopic (exact) mass is 331 g/mol. The highest BCUT2D eigenvalue weighted by atomic mass is 15.2. The van der Waals surface area contributed by atoms with Crippen molar-refractivity contribution >= 4 is 11.6 Å². The van der Waals surface area contributed by atoms with Crippen molar-refractivity contribution in [2.75, 3.05) is 45.7 Å². The molecular weight excluding hydrogens is 298 g/mol. The van der Waals surface area contributed by atoms with Gasteiger partial charge >= 0.3 is 0 Å². The molecule has 1 unspecified atom stereocenters. The Labute approximate surface area is 147 Å². The summed E-state index contributed by atoms with van der Waals surface area (Å²) in [5.41, 5.74) is 3.84. The van der Waals surface area contributed by atoms with E-state index in [1.165, 1.54) is 36.2 Å². The number of hydrogen-bond donors (Lipinski definition) is 2. The number of guanidine groups is 1. The summed E-state index contributed by atoms with van der Waals surface area (Å²) in [5, 5.41) is 6.92. The molecule has 1 saturated heterocycles. The molecule has 0 radical (unpaired) electrons. The van der Waals surface area contributed by atoms with Crippen molar-refractivity contribution in [3.63, 3.8) is 0 Å². The van der Waals surface area contributed by atoms with E-state index < -0.39 is 0 Å². The molecule has 1 aliphatic heterocycles. The van der Waals surface area contributed by atoms with E-state index in [1.807, 2.05) is 7.05 Å². The van der Waals surface area contributed by atoms with E-state index in [0.29, 0.717) is 6.04 Å². The van der Waals surface area contributed by atoms with Crippen LogP contribution in [0.1, 0.15) is 30.9 Å². The molecule has 0 aromatic heterocycles. The highest BCUT2D eigenvalue weighted by molar-refractivity contribution is 5.79. The Morgan fingerprint density at radius 2 is 2.12 bits per heavy atom. The normalized spacial score (nSPS) is 18.7. The zero-order valence-electron chi connectivity index (χ0n) is 15.9. The Bertz CT molecular complexity index is 553. The molecule has 2 N–H and O–H groups in total. The van der Waals surface area contributed by atoms with Crippen molar-refractivity contribution < 1.29 is 0 Å². The van der Waals surface area contributed by atoms with Crippen molar-refractivity contribution in [2.24, 2.45) is 4.99 Å². The number of likely N-dealkylation sites (tertiary alicyclic amines) is 1. The van der Waals surface area contributed by atoms with Gasteiger partial charge in [-0.2, -0.15) is 0 Å². The molecule has 1 heterocycles. The summed E-state index contributed by atoms with van der Waals surface area (Å²) in [4.78, 5) is 9.03. The molecule has 5 nitrogen and oxygen atoms in total. The van der Waals surface area contributed by atoms with Crippen LogP contribution >= 0.6 is 0 Å². The second-order valence-corrected chi connectivity index (χ2v) is 6.74. The van der Waals surface area contributed by atoms with Gasteiger partial charge in [-0.3, -0.25) is 9.89 Å². The minimum atomic E-state index is 0.634. The molecule has 0 bridgehead atoms. The molecule has 0 spiro atoms. The van der Waals surface area contributed by atoms with Crippen molar-refractivity contribution in [3.05, 3.63) is 29.3 Å². The number of hydrogen-bond acceptors (Lipinski definition) is 3. The second kappa shape index (κ2) is 8.92. The van der Waals surface area contributed by atoms with E-state index in [9.17, 15) is 0 Å². The molecule has 0 aliphatic carbocycles. The van der Waals surface area contributed by atoms with Gasteiger partial charge in [-0.25, -0.2) is 0 Å². The number of benzene rings is 1. The first kappa shape index (κ1) is 18.6. The third-order valence-corrected chi connectivity index (χ3v) is 4.92. The van der Waals surface area contributed by atoms with Crippen molar-refractivity contribution in [3.8, 4) is 0 Å². The van der Waals surface area contributed by atoms with Gasteiger partial charge in [-0.15, -0.1) is 0 Å². The molecule has 1 aromatic rings. The van der Waals surface area contributed by atoms with E-state index in [0.717, 1.165) is 25.6 Å². The SMILES string of the molecule is CCN1CCCC1CNC(=NC)NCc1ccc(N(C)C)cc1C. The van der Waals surface area contributed by atoms with Crippen LogP contribution in [-0.4, -0.2) is 57.7 Å². The number of rotatable bonds is 6. The van der Waals surface area contributed by atoms with Gasteiger partial charge in [0.1, 0.15) is 0 Å². The predicted octanol–water partition coefficient (Wildman–Crippen LogP) is 2.21. The fourth-order valence-electron chi connectivity index (χ4n) is 3.31. The van der Waals surface area contributed by atoms with Crippen LogP contribution in [0.15, 0.2) is 23.2 Å². The first-order valence-corrected chi connectivity index (χ1v) is 9.00. The van der Waals surface area contributed by atoms with Crippen molar-refractivity contribution in [1.29, 1.82) is 0 Å². The second-order valence-electron chi connectivity index (χ2n) is 6.74. The summed E-state index contributed by atoms with van der Waals surface area (Å²) < 4.78 is 0. The Morgan fingerprint density at radius 3 is 2.75 bits per heavy atom. The van der Waals surface area contributed by atoms with Gasteiger partial charge in [0, 0.05) is 46.0 Å². The van der Waals surface area contributed by atoms with E-state index in [2.05, 4.69) is 71.6 Å². The molecular formula is C19H33N5. The predicted molar refractivity (Wildman–Crippen MR) is 104 cm³/mol. The molecule has 2 rings (SSSR count). The molecule has 1 aromatic carbocycles. The van der Waals surface area contributed by atoms with Gasteiger partial charge in [-0.1, -0.05) is 13.0 Å². The molecule has 24 heavy (non-hydrogen) atoms. The maximum Gasteiger partial charge on any atom is 0.191 e. The Morgan fingerprint density at radius 1 is 1.33 bits per heavy atom. The minimum Gasteiger partial charge on any atom is -0.378 e. The standard InChI is InChI=1S/C19H33N5/c1-6-24-11-7-8-18(24)14-22-19(20-3)21-13-16-9-10-17(23(4)5)12-15(16)2/h9-10,12,18H,6-8,11,13-14H2,1-5H3,(H2,20,21,22). The Balaban J connectivity index is 1.85. The number of nitrogens with one attached hydrogen (secondary N) is 2. The van der Waals surface area contributed by atoms with Crippen LogP contribution in [0, 0.1) is 6.92 Å². The van der Waals surface area contributed by atoms with Crippen LogP contribution in [0.3, 0.4) is 0 Å². The smallest absolute Gasteiger partial charge is 0.191 e. The lowest BCUT2D eigenvalue weighted by atomic mass is 10.1. The molecule has 134 valence electrons. The van der Waals surface area contributed by atoms with Gasteiger partial charge in [0.05, 0.1) is 0 Å². The third kappa shape index (κ3) is 4.87. The topological polar surface area (TPSA) is 42.9 Å². The lowest BCUT2D eigenvalue weighted by Crippen LogP contribution is -2.44. The first-order chi connectivity index (χ1) is 11.5. The summed E-state index contributed by atoms with van der Waals surface area (Å²) in [6.07, 6.45) is 2.59. The van der Waals surface area contributed by atoms with Gasteiger partial charge in [0.15, 0.2) is 5.96 Å². The highest BCUT2D eigenvalue weighted by Gasteiger charge is 2.22. The van der Waals surface area contributed by atoms with Crippen molar-refractivity contribution in [1.82, 2.24) is 15.5 Å². The van der Waals surface area contributed by atoms with E-state index in [-0.39, 0.29) is 0 Å². The van der Waals surface area contributed by atoms with Gasteiger partial charge in [-0.05, 0) is 56.1 Å². The average molecular weight is 332 g/mol. The van der Waals surface area contributed by atoms with Gasteiger partial charge < -0.3 is 15.5 Å². The summed E-state index contributed by atoms with van der Waals surface area (Å²) >= 11 is 0. The van der Waals surface area contributed by atoms with Gasteiger partial charge in [0.2, 0.25) is 0 Å². The lowest BCUT2D eigenvalue weighted by Gasteiger charge is -2.24. The summed E-state index contributed by atoms with van der Waals surface area (Å²) in [6.45, 7) is 8.53. The molecule has 1 aliphatic rings. The first-order valence-electron chi connectivity index (χ1n) is 9.00. The number of likely N-dealkylation sites (N-methyl/N-ethyl adjacent to an activating group) is 1. The van der Waals surface area contributed by atoms with Crippen LogP contribution in [0.5, 0.6) is 0 Å². The quantitative estimate of drug-likeness (QED) is 0.620. The molecule has 1 atom stereocenters. The molecule has 1 fully saturated rings. The van der Waals surface area contributed by atoms with Crippen LogP contribution < -0.4 is 15.5 Å². The summed E-state index contributed by atoms with van der Waals surface area (Å²) in [6, 6.07) is 7.22. The fourth-order valence-corrected chi connectivity index (χ4v) is 3.31. The molecule has 0 amide bonds. The maximum atomic E-state index is 4.36. The summed E-state index contributed by atoms with van der Waals surface area (Å²) in [5.74, 6) is 0.883. The zero-order valence-corrected chi connectivity index (χ0v) is 15.9. The van der Waals surface area contributed by atoms with E-state index >= 15 is 0 Å². The average Bonchev–Trinajstić information content (AvgIpc) is 3.03. The van der Waals surface area contributed by atoms with Crippen LogP contribution in [-0.2, 0) is 6.54 Å². The van der Waals surface area contributed by atoms with Gasteiger partial charge in [0.25, 0.3) is 0 Å². The number of aliphatic imine (C=N–C) groups is 1. The number of aryl methyl sites for hydroxylation is 1. The highest BCUT2D eigenvalue weighted by Crippen LogP contribution is 2.17. The van der Waals surface area contributed by atoms with Crippen LogP contribution in [0.25, 0.3) is 0 Å². The third-order valence-electron chi connectivity index (χ3n) is 4.92. The molecule has 5 heteroatoms. The lowest BCUT2D eigenvalue weighted by molar-refractivity contribution is 0.267. The van der Waals surface area contributed by atoms with Crippen LogP contribution in [0.2, 0.25) is 0 Å². The van der Waals surface area contributed by atoms with E-state index in [1.54, 1.807) is 0 Å². The zero-order chi connectivity index (χ0) is 17.5. The minimum absolute atomic E-state index is 0.634. The van der Waals surface area contributed by atoms with Crippen molar-refractivity contribution in [2.45, 2.75) is 39.3 Å². The largest absolute Gasteiger partial charge is 0.378 e. The Kier molecular flexibility index (Phi) is 6.91. The van der Waals surface area contributed by atoms with E-state index in [4.69, 9.17) is 0 Å².